The second-order valence-electron chi connectivity index (χ2n) is 8.00. The van der Waals surface area contributed by atoms with E-state index in [4.69, 9.17) is 14.5 Å². The fourth-order valence-corrected chi connectivity index (χ4v) is 5.28. The Morgan fingerprint density at radius 2 is 2.03 bits per heavy atom. The highest BCUT2D eigenvalue weighted by molar-refractivity contribution is 7.91. The molecule has 0 saturated heterocycles. The van der Waals surface area contributed by atoms with Crippen LogP contribution in [0.15, 0.2) is 65.8 Å². The molecule has 1 aliphatic rings. The lowest BCUT2D eigenvalue weighted by molar-refractivity contribution is 0.0950. The quantitative estimate of drug-likeness (QED) is 0.453. The molecule has 0 aliphatic carbocycles. The van der Waals surface area contributed by atoms with E-state index in [9.17, 15) is 13.2 Å². The highest BCUT2D eigenvalue weighted by Crippen LogP contribution is 2.27. The van der Waals surface area contributed by atoms with Crippen molar-refractivity contribution in [1.29, 1.82) is 0 Å². The molecule has 0 saturated carbocycles. The molecule has 0 unspecified atom stereocenters. The van der Waals surface area contributed by atoms with Crippen LogP contribution >= 0.6 is 0 Å². The molecule has 0 atom stereocenters. The Hall–Kier alpha value is -3.89. The van der Waals surface area contributed by atoms with Crippen LogP contribution in [0.25, 0.3) is 22.2 Å². The van der Waals surface area contributed by atoms with E-state index in [0.717, 1.165) is 10.9 Å². The van der Waals surface area contributed by atoms with E-state index in [1.54, 1.807) is 37.7 Å². The summed E-state index contributed by atoms with van der Waals surface area (Å²) < 4.78 is 35.7. The minimum atomic E-state index is -3.50. The second kappa shape index (κ2) is 9.40. The molecule has 9 nitrogen and oxygen atoms in total. The monoisotopic (exact) mass is 490 g/mol. The highest BCUT2D eigenvalue weighted by Gasteiger charge is 2.23. The molecule has 1 aliphatic heterocycles. The zero-order chi connectivity index (χ0) is 24.4. The standard InChI is InChI=1S/C25H22N4O5S/c1-33-25-20(3-2-8-26-25)21-7-6-17-13-27-19(12-22(17)29-21)14-28-24(30)16-4-5-18-15-34-9-10-35(31,32)23(18)11-16/h2-8,11-13H,9-10,14-15H2,1H3,(H,28,30). The number of carbonyl (C=O) groups excluding carboxylic acids is 1. The van der Waals surface area contributed by atoms with Crippen LogP contribution in [0.5, 0.6) is 5.88 Å². The SMILES string of the molecule is COc1ncccc1-c1ccc2cnc(CNC(=O)c3ccc4c(c3)S(=O)(=O)CCOC4)cc2n1. The summed E-state index contributed by atoms with van der Waals surface area (Å²) in [4.78, 5) is 26.3. The number of fused-ring (bicyclic) bond motifs is 2. The van der Waals surface area contributed by atoms with Crippen LogP contribution in [0, 0.1) is 0 Å². The summed E-state index contributed by atoms with van der Waals surface area (Å²) in [6.45, 7) is 0.497. The number of benzene rings is 1. The lowest BCUT2D eigenvalue weighted by Gasteiger charge is -2.10. The summed E-state index contributed by atoms with van der Waals surface area (Å²) in [5.41, 5.74) is 3.63. The summed E-state index contributed by atoms with van der Waals surface area (Å²) in [5.74, 6) is -0.0153. The van der Waals surface area contributed by atoms with E-state index in [2.05, 4.69) is 15.3 Å². The number of nitrogens with zero attached hydrogens (tertiary/aromatic N) is 3. The van der Waals surface area contributed by atoms with Gasteiger partial charge in [0.25, 0.3) is 5.91 Å². The van der Waals surface area contributed by atoms with Crippen molar-refractivity contribution in [3.63, 3.8) is 0 Å². The van der Waals surface area contributed by atoms with E-state index in [0.29, 0.717) is 28.3 Å². The van der Waals surface area contributed by atoms with Gasteiger partial charge in [-0.2, -0.15) is 0 Å². The Labute approximate surface area is 202 Å². The van der Waals surface area contributed by atoms with Crippen molar-refractivity contribution in [3.8, 4) is 17.1 Å². The van der Waals surface area contributed by atoms with Crippen molar-refractivity contribution >= 4 is 26.6 Å². The molecule has 0 fully saturated rings. The van der Waals surface area contributed by atoms with Crippen LogP contribution in [0.2, 0.25) is 0 Å². The first-order valence-corrected chi connectivity index (χ1v) is 12.6. The van der Waals surface area contributed by atoms with Gasteiger partial charge >= 0.3 is 0 Å². The third-order valence-electron chi connectivity index (χ3n) is 5.72. The molecule has 0 bridgehead atoms. The Balaban J connectivity index is 1.36. The average molecular weight is 491 g/mol. The van der Waals surface area contributed by atoms with Crippen LogP contribution in [-0.4, -0.2) is 48.7 Å². The predicted octanol–water partition coefficient (Wildman–Crippen LogP) is 2.93. The maximum absolute atomic E-state index is 12.8. The molecule has 3 aromatic heterocycles. The first-order valence-electron chi connectivity index (χ1n) is 10.9. The number of sulfone groups is 1. The summed E-state index contributed by atoms with van der Waals surface area (Å²) in [6.07, 6.45) is 3.35. The number of methoxy groups -OCH3 is 1. The molecule has 1 amide bonds. The number of amides is 1. The van der Waals surface area contributed by atoms with Gasteiger partial charge in [0, 0.05) is 23.3 Å². The van der Waals surface area contributed by atoms with Crippen molar-refractivity contribution < 1.29 is 22.7 Å². The number of pyridine rings is 3. The zero-order valence-electron chi connectivity index (χ0n) is 18.9. The number of carbonyl (C=O) groups is 1. The summed E-state index contributed by atoms with van der Waals surface area (Å²) in [7, 11) is -1.94. The minimum Gasteiger partial charge on any atom is -0.481 e. The van der Waals surface area contributed by atoms with E-state index in [1.807, 2.05) is 24.3 Å². The van der Waals surface area contributed by atoms with Crippen LogP contribution in [0.3, 0.4) is 0 Å². The summed E-state index contributed by atoms with van der Waals surface area (Å²) >= 11 is 0. The third-order valence-corrected chi connectivity index (χ3v) is 7.47. The van der Waals surface area contributed by atoms with Gasteiger partial charge in [-0.05, 0) is 48.0 Å². The number of hydrogen-bond donors (Lipinski definition) is 1. The Morgan fingerprint density at radius 1 is 1.14 bits per heavy atom. The minimum absolute atomic E-state index is 0.105. The van der Waals surface area contributed by atoms with Crippen molar-refractivity contribution in [2.24, 2.45) is 0 Å². The molecule has 4 aromatic rings. The number of rotatable bonds is 5. The van der Waals surface area contributed by atoms with E-state index < -0.39 is 15.7 Å². The lowest BCUT2D eigenvalue weighted by Crippen LogP contribution is -2.23. The molecule has 35 heavy (non-hydrogen) atoms. The number of hydrogen-bond acceptors (Lipinski definition) is 8. The normalized spacial score (nSPS) is 14.7. The first kappa shape index (κ1) is 22.9. The van der Waals surface area contributed by atoms with E-state index in [-0.39, 0.29) is 36.0 Å². The maximum atomic E-state index is 12.8. The zero-order valence-corrected chi connectivity index (χ0v) is 19.7. The third kappa shape index (κ3) is 4.71. The second-order valence-corrected chi connectivity index (χ2v) is 10.1. The van der Waals surface area contributed by atoms with Gasteiger partial charge in [-0.25, -0.2) is 18.4 Å². The van der Waals surface area contributed by atoms with Gasteiger partial charge in [0.1, 0.15) is 0 Å². The Kier molecular flexibility index (Phi) is 6.14. The fraction of sp³-hybridized carbons (Fsp3) is 0.200. The number of aromatic nitrogens is 3. The van der Waals surface area contributed by atoms with Crippen molar-refractivity contribution in [2.75, 3.05) is 19.5 Å². The van der Waals surface area contributed by atoms with Gasteiger partial charge < -0.3 is 14.8 Å². The topological polar surface area (TPSA) is 120 Å². The van der Waals surface area contributed by atoms with E-state index >= 15 is 0 Å². The van der Waals surface area contributed by atoms with Crippen LogP contribution < -0.4 is 10.1 Å². The number of ether oxygens (including phenoxy) is 2. The molecule has 1 aromatic carbocycles. The van der Waals surface area contributed by atoms with Gasteiger partial charge in [0.15, 0.2) is 9.84 Å². The van der Waals surface area contributed by atoms with Crippen molar-refractivity contribution in [2.45, 2.75) is 18.0 Å². The first-order chi connectivity index (χ1) is 16.9. The van der Waals surface area contributed by atoms with Crippen LogP contribution in [-0.2, 0) is 27.7 Å². The Morgan fingerprint density at radius 3 is 2.89 bits per heavy atom. The lowest BCUT2D eigenvalue weighted by atomic mass is 10.1. The van der Waals surface area contributed by atoms with Crippen molar-refractivity contribution in [3.05, 3.63) is 77.7 Å². The van der Waals surface area contributed by atoms with Crippen LogP contribution in [0.1, 0.15) is 21.6 Å². The van der Waals surface area contributed by atoms with Gasteiger partial charge in [0.2, 0.25) is 5.88 Å². The average Bonchev–Trinajstić information content (AvgIpc) is 3.04. The molecule has 1 N–H and O–H groups in total. The van der Waals surface area contributed by atoms with Gasteiger partial charge in [0.05, 0.1) is 60.0 Å². The van der Waals surface area contributed by atoms with Gasteiger partial charge in [-0.15, -0.1) is 0 Å². The van der Waals surface area contributed by atoms with Gasteiger partial charge in [-0.3, -0.25) is 9.78 Å². The summed E-state index contributed by atoms with van der Waals surface area (Å²) in [5, 5.41) is 3.66. The molecular formula is C25H22N4O5S. The van der Waals surface area contributed by atoms with Crippen LogP contribution in [0.4, 0.5) is 0 Å². The molecular weight excluding hydrogens is 468 g/mol. The van der Waals surface area contributed by atoms with Crippen molar-refractivity contribution in [1.82, 2.24) is 20.3 Å². The molecule has 4 heterocycles. The highest BCUT2D eigenvalue weighted by atomic mass is 32.2. The molecule has 0 radical (unpaired) electrons. The predicted molar refractivity (Wildman–Crippen MR) is 129 cm³/mol. The molecule has 178 valence electrons. The van der Waals surface area contributed by atoms with E-state index in [1.165, 1.54) is 6.07 Å². The Bertz CT molecular complexity index is 1540. The summed E-state index contributed by atoms with van der Waals surface area (Å²) in [6, 6.07) is 13.9. The van der Waals surface area contributed by atoms with Gasteiger partial charge in [-0.1, -0.05) is 6.07 Å². The largest absolute Gasteiger partial charge is 0.481 e. The smallest absolute Gasteiger partial charge is 0.251 e. The molecule has 0 spiro atoms. The molecule has 10 heteroatoms. The maximum Gasteiger partial charge on any atom is 0.251 e. The number of nitrogens with one attached hydrogen (secondary N) is 1. The fourth-order valence-electron chi connectivity index (χ4n) is 3.89. The molecule has 5 rings (SSSR count).